The number of nitrogens with zero attached hydrogens (tertiary/aromatic N) is 1. The van der Waals surface area contributed by atoms with Gasteiger partial charge in [0.25, 0.3) is 5.56 Å². The summed E-state index contributed by atoms with van der Waals surface area (Å²) in [4.78, 5) is 15.1. The maximum Gasteiger partial charge on any atom is 0.266 e. The number of aromatic nitrogens is 1. The van der Waals surface area contributed by atoms with Crippen molar-refractivity contribution in [2.24, 2.45) is 5.73 Å². The Bertz CT molecular complexity index is 1170. The number of fused-ring (bicyclic) bond motifs is 3. The molecule has 0 aliphatic rings. The van der Waals surface area contributed by atoms with Crippen molar-refractivity contribution in [1.29, 1.82) is 5.26 Å². The monoisotopic (exact) mass is 367 g/mol. The van der Waals surface area contributed by atoms with Crippen LogP contribution in [-0.4, -0.2) is 4.98 Å². The molecule has 2 aromatic heterocycles. The van der Waals surface area contributed by atoms with E-state index in [0.29, 0.717) is 16.8 Å². The van der Waals surface area contributed by atoms with E-state index in [1.54, 1.807) is 12.1 Å². The molecule has 0 saturated heterocycles. The lowest BCUT2D eigenvalue weighted by molar-refractivity contribution is 1.07. The van der Waals surface area contributed by atoms with Gasteiger partial charge < -0.3 is 10.7 Å². The molecule has 0 amide bonds. The second kappa shape index (κ2) is 6.69. The lowest BCUT2D eigenvalue weighted by Crippen LogP contribution is -2.05. The third-order valence-corrected chi connectivity index (χ3v) is 5.11. The van der Waals surface area contributed by atoms with Crippen LogP contribution in [0.5, 0.6) is 0 Å². The van der Waals surface area contributed by atoms with Crippen LogP contribution in [0.1, 0.15) is 11.1 Å². The minimum Gasteiger partial charge on any atom is -0.326 e. The van der Waals surface area contributed by atoms with Gasteiger partial charge in [-0.15, -0.1) is 23.7 Å². The van der Waals surface area contributed by atoms with E-state index >= 15 is 0 Å². The van der Waals surface area contributed by atoms with Crippen LogP contribution < -0.4 is 11.3 Å². The standard InChI is InChI=1S/C19H13N3OS.ClH/c20-9-11-1-3-12(4-2-11)16-13(10-21)5-6-15-17(16)14-7-8-24-18(14)19(23)22-15;/h1-8H,9,20H2,(H,22,23);1H. The summed E-state index contributed by atoms with van der Waals surface area (Å²) in [6.45, 7) is 0.475. The normalized spacial score (nSPS) is 10.6. The molecule has 0 radical (unpaired) electrons. The number of benzene rings is 2. The highest BCUT2D eigenvalue weighted by molar-refractivity contribution is 7.17. The molecule has 0 fully saturated rings. The van der Waals surface area contributed by atoms with Crippen molar-refractivity contribution in [3.05, 3.63) is 69.3 Å². The van der Waals surface area contributed by atoms with E-state index in [1.165, 1.54) is 11.3 Å². The number of rotatable bonds is 2. The fourth-order valence-corrected chi connectivity index (χ4v) is 3.84. The van der Waals surface area contributed by atoms with Crippen LogP contribution in [0.2, 0.25) is 0 Å². The van der Waals surface area contributed by atoms with Crippen molar-refractivity contribution < 1.29 is 0 Å². The molecule has 0 aliphatic carbocycles. The molecule has 0 aliphatic heterocycles. The average molecular weight is 368 g/mol. The number of pyridine rings is 1. The van der Waals surface area contributed by atoms with Gasteiger partial charge in [0, 0.05) is 28.4 Å². The highest BCUT2D eigenvalue weighted by Gasteiger charge is 2.15. The maximum atomic E-state index is 12.2. The third kappa shape index (κ3) is 2.71. The topological polar surface area (TPSA) is 82.7 Å². The van der Waals surface area contributed by atoms with Gasteiger partial charge in [-0.2, -0.15) is 5.26 Å². The van der Waals surface area contributed by atoms with E-state index in [2.05, 4.69) is 11.1 Å². The molecule has 4 rings (SSSR count). The van der Waals surface area contributed by atoms with Crippen LogP contribution in [0.4, 0.5) is 0 Å². The lowest BCUT2D eigenvalue weighted by atomic mass is 9.93. The molecule has 6 heteroatoms. The van der Waals surface area contributed by atoms with Gasteiger partial charge >= 0.3 is 0 Å². The van der Waals surface area contributed by atoms with E-state index < -0.39 is 0 Å². The van der Waals surface area contributed by atoms with Crippen LogP contribution in [0.25, 0.3) is 32.1 Å². The van der Waals surface area contributed by atoms with Gasteiger partial charge in [0.05, 0.1) is 11.6 Å². The van der Waals surface area contributed by atoms with Gasteiger partial charge in [0.1, 0.15) is 4.70 Å². The Morgan fingerprint density at radius 1 is 1.12 bits per heavy atom. The molecule has 2 aromatic carbocycles. The number of nitriles is 1. The Hall–Kier alpha value is -2.65. The highest BCUT2D eigenvalue weighted by atomic mass is 35.5. The molecular formula is C19H14ClN3OS. The molecule has 2 heterocycles. The fraction of sp³-hybridized carbons (Fsp3) is 0.0526. The van der Waals surface area contributed by atoms with E-state index in [4.69, 9.17) is 5.73 Å². The van der Waals surface area contributed by atoms with E-state index in [1.807, 2.05) is 35.7 Å². The summed E-state index contributed by atoms with van der Waals surface area (Å²) in [7, 11) is 0. The molecule has 0 atom stereocenters. The van der Waals surface area contributed by atoms with Crippen molar-refractivity contribution in [1.82, 2.24) is 4.98 Å². The van der Waals surface area contributed by atoms with Crippen LogP contribution in [0.3, 0.4) is 0 Å². The first-order chi connectivity index (χ1) is 11.7. The molecule has 0 unspecified atom stereocenters. The number of halogens is 1. The molecule has 25 heavy (non-hydrogen) atoms. The number of H-pyrrole nitrogens is 1. The number of hydrogen-bond donors (Lipinski definition) is 2. The SMILES string of the molecule is Cl.N#Cc1ccc2[nH]c(=O)c3sccc3c2c1-c1ccc(CN)cc1. The number of nitrogens with two attached hydrogens (primary N) is 1. The summed E-state index contributed by atoms with van der Waals surface area (Å²) < 4.78 is 0.678. The quantitative estimate of drug-likeness (QED) is 0.558. The highest BCUT2D eigenvalue weighted by Crippen LogP contribution is 2.36. The van der Waals surface area contributed by atoms with Gasteiger partial charge in [0.2, 0.25) is 0 Å². The minimum absolute atomic E-state index is 0. The van der Waals surface area contributed by atoms with Crippen molar-refractivity contribution in [2.45, 2.75) is 6.54 Å². The zero-order valence-corrected chi connectivity index (χ0v) is 14.7. The van der Waals surface area contributed by atoms with Crippen LogP contribution in [0, 0.1) is 11.3 Å². The van der Waals surface area contributed by atoms with Crippen LogP contribution >= 0.6 is 23.7 Å². The van der Waals surface area contributed by atoms with Gasteiger partial charge in [0.15, 0.2) is 0 Å². The number of aromatic amines is 1. The Labute approximate surface area is 153 Å². The average Bonchev–Trinajstić information content (AvgIpc) is 3.11. The predicted molar refractivity (Wildman–Crippen MR) is 105 cm³/mol. The van der Waals surface area contributed by atoms with E-state index in [0.717, 1.165) is 33.0 Å². The summed E-state index contributed by atoms with van der Waals surface area (Å²) in [5.41, 5.74) is 9.72. The van der Waals surface area contributed by atoms with Gasteiger partial charge in [-0.1, -0.05) is 24.3 Å². The Balaban J connectivity index is 0.00000182. The minimum atomic E-state index is -0.0957. The number of nitrogens with one attached hydrogen (secondary N) is 1. The van der Waals surface area contributed by atoms with Crippen molar-refractivity contribution in [3.63, 3.8) is 0 Å². The molecule has 3 N–H and O–H groups in total. The Morgan fingerprint density at radius 3 is 2.56 bits per heavy atom. The summed E-state index contributed by atoms with van der Waals surface area (Å²) in [6.07, 6.45) is 0. The van der Waals surface area contributed by atoms with Crippen LogP contribution in [-0.2, 0) is 6.54 Å². The molecule has 0 saturated carbocycles. The Kier molecular flexibility index (Phi) is 4.60. The largest absolute Gasteiger partial charge is 0.326 e. The maximum absolute atomic E-state index is 12.2. The first-order valence-corrected chi connectivity index (χ1v) is 8.36. The number of hydrogen-bond acceptors (Lipinski definition) is 4. The summed E-state index contributed by atoms with van der Waals surface area (Å²) in [6, 6.07) is 15.6. The van der Waals surface area contributed by atoms with E-state index in [9.17, 15) is 10.1 Å². The Morgan fingerprint density at radius 2 is 1.88 bits per heavy atom. The molecule has 124 valence electrons. The van der Waals surface area contributed by atoms with Crippen molar-refractivity contribution >= 4 is 44.7 Å². The van der Waals surface area contributed by atoms with Gasteiger partial charge in [-0.3, -0.25) is 4.79 Å². The first kappa shape index (κ1) is 17.2. The molecule has 0 spiro atoms. The summed E-state index contributed by atoms with van der Waals surface area (Å²) in [5, 5.41) is 13.3. The predicted octanol–water partition coefficient (Wildman–Crippen LogP) is 4.16. The van der Waals surface area contributed by atoms with Gasteiger partial charge in [-0.25, -0.2) is 0 Å². The van der Waals surface area contributed by atoms with E-state index in [-0.39, 0.29) is 18.0 Å². The zero-order valence-electron chi connectivity index (χ0n) is 13.1. The number of thiophene rings is 1. The van der Waals surface area contributed by atoms with Crippen LogP contribution in [0.15, 0.2) is 52.6 Å². The first-order valence-electron chi connectivity index (χ1n) is 7.48. The zero-order chi connectivity index (χ0) is 16.7. The van der Waals surface area contributed by atoms with Crippen molar-refractivity contribution in [2.75, 3.05) is 0 Å². The lowest BCUT2D eigenvalue weighted by Gasteiger charge is -2.11. The summed E-state index contributed by atoms with van der Waals surface area (Å²) >= 11 is 1.41. The molecule has 4 nitrogen and oxygen atoms in total. The second-order valence-corrected chi connectivity index (χ2v) is 6.46. The van der Waals surface area contributed by atoms with Gasteiger partial charge in [-0.05, 0) is 34.7 Å². The second-order valence-electron chi connectivity index (χ2n) is 5.54. The molecule has 4 aromatic rings. The molecule has 0 bridgehead atoms. The smallest absolute Gasteiger partial charge is 0.266 e. The molecular weight excluding hydrogens is 354 g/mol. The summed E-state index contributed by atoms with van der Waals surface area (Å²) in [5.74, 6) is 0. The fourth-order valence-electron chi connectivity index (χ4n) is 3.05. The third-order valence-electron chi connectivity index (χ3n) is 4.19. The van der Waals surface area contributed by atoms with Crippen molar-refractivity contribution in [3.8, 4) is 17.2 Å².